The summed E-state index contributed by atoms with van der Waals surface area (Å²) in [4.78, 5) is 4.41. The molecule has 1 fully saturated rings. The van der Waals surface area contributed by atoms with Crippen LogP contribution in [0.5, 0.6) is 0 Å². The number of oxazole rings is 1. The van der Waals surface area contributed by atoms with Crippen molar-refractivity contribution in [3.8, 4) is 0 Å². The lowest BCUT2D eigenvalue weighted by Gasteiger charge is -2.19. The maximum Gasteiger partial charge on any atom is 0.198 e. The van der Waals surface area contributed by atoms with Crippen molar-refractivity contribution in [2.24, 2.45) is 0 Å². The molecule has 3 nitrogen and oxygen atoms in total. The second-order valence-corrected chi connectivity index (χ2v) is 4.48. The Morgan fingerprint density at radius 1 is 1.31 bits per heavy atom. The summed E-state index contributed by atoms with van der Waals surface area (Å²) in [5, 5.41) is 3.31. The van der Waals surface area contributed by atoms with Gasteiger partial charge in [-0.3, -0.25) is 0 Å². The molecule has 0 atom stereocenters. The lowest BCUT2D eigenvalue weighted by Crippen LogP contribution is -2.26. The number of allylic oxidation sites excluding steroid dienone is 1. The Kier molecular flexibility index (Phi) is 2.52. The molecule has 1 N–H and O–H groups in total. The smallest absolute Gasteiger partial charge is 0.198 e. The van der Waals surface area contributed by atoms with Crippen LogP contribution in [-0.2, 0) is 6.42 Å². The van der Waals surface area contributed by atoms with E-state index >= 15 is 0 Å². The van der Waals surface area contributed by atoms with Crippen LogP contribution in [0.1, 0.15) is 42.5 Å². The monoisotopic (exact) mass is 222 g/mol. The van der Waals surface area contributed by atoms with Gasteiger partial charge in [0, 0.05) is 18.8 Å². The number of hydrogen-bond donors (Lipinski definition) is 1. The Hall–Kier alpha value is -1.16. The number of halogens is 1. The fourth-order valence-electron chi connectivity index (χ4n) is 2.37. The molecule has 1 aliphatic heterocycles. The standard InChI is InChI=1S/C12H15FN2O/c13-9-1-2-11-10(7-9)15-12(16-11)8-3-5-14-6-4-8/h7-8,14H,1-6H2. The van der Waals surface area contributed by atoms with Gasteiger partial charge < -0.3 is 9.73 Å². The highest BCUT2D eigenvalue weighted by Crippen LogP contribution is 2.30. The third kappa shape index (κ3) is 1.78. The summed E-state index contributed by atoms with van der Waals surface area (Å²) >= 11 is 0. The summed E-state index contributed by atoms with van der Waals surface area (Å²) < 4.78 is 18.8. The van der Waals surface area contributed by atoms with Crippen LogP contribution in [0.3, 0.4) is 0 Å². The molecule has 16 heavy (non-hydrogen) atoms. The van der Waals surface area contributed by atoms with Crippen molar-refractivity contribution in [3.63, 3.8) is 0 Å². The van der Waals surface area contributed by atoms with Crippen molar-refractivity contribution < 1.29 is 8.81 Å². The van der Waals surface area contributed by atoms with E-state index < -0.39 is 0 Å². The van der Waals surface area contributed by atoms with Crippen LogP contribution in [0.4, 0.5) is 4.39 Å². The Bertz CT molecular complexity index is 419. The number of aromatic nitrogens is 1. The number of piperidine rings is 1. The van der Waals surface area contributed by atoms with Gasteiger partial charge in [-0.25, -0.2) is 9.37 Å². The van der Waals surface area contributed by atoms with E-state index in [1.807, 2.05) is 0 Å². The van der Waals surface area contributed by atoms with Gasteiger partial charge in [0.2, 0.25) is 0 Å². The lowest BCUT2D eigenvalue weighted by atomic mass is 9.98. The summed E-state index contributed by atoms with van der Waals surface area (Å²) in [7, 11) is 0. The zero-order valence-electron chi connectivity index (χ0n) is 9.13. The van der Waals surface area contributed by atoms with Gasteiger partial charge in [0.25, 0.3) is 0 Å². The molecule has 1 aromatic rings. The number of fused-ring (bicyclic) bond motifs is 1. The first-order valence-corrected chi connectivity index (χ1v) is 5.89. The predicted octanol–water partition coefficient (Wildman–Crippen LogP) is 2.40. The van der Waals surface area contributed by atoms with E-state index in [1.165, 1.54) is 6.08 Å². The second kappa shape index (κ2) is 4.01. The summed E-state index contributed by atoms with van der Waals surface area (Å²) in [6.45, 7) is 2.03. The number of hydrogen-bond acceptors (Lipinski definition) is 3. The van der Waals surface area contributed by atoms with E-state index in [1.54, 1.807) is 0 Å². The Morgan fingerprint density at radius 3 is 2.94 bits per heavy atom. The first-order valence-electron chi connectivity index (χ1n) is 5.89. The molecule has 4 heteroatoms. The highest BCUT2D eigenvalue weighted by molar-refractivity contribution is 5.51. The first kappa shape index (κ1) is 10.0. The minimum Gasteiger partial charge on any atom is -0.445 e. The lowest BCUT2D eigenvalue weighted by molar-refractivity contribution is 0.359. The molecular weight excluding hydrogens is 207 g/mol. The van der Waals surface area contributed by atoms with Gasteiger partial charge in [0.05, 0.1) is 0 Å². The van der Waals surface area contributed by atoms with Gasteiger partial charge in [-0.1, -0.05) is 0 Å². The van der Waals surface area contributed by atoms with Crippen LogP contribution in [0.15, 0.2) is 10.2 Å². The molecule has 1 saturated heterocycles. The van der Waals surface area contributed by atoms with E-state index in [2.05, 4.69) is 10.3 Å². The van der Waals surface area contributed by atoms with Crippen molar-refractivity contribution in [1.82, 2.24) is 10.3 Å². The average molecular weight is 222 g/mol. The van der Waals surface area contributed by atoms with Crippen molar-refractivity contribution in [3.05, 3.63) is 23.2 Å². The van der Waals surface area contributed by atoms with Crippen LogP contribution in [-0.4, -0.2) is 18.1 Å². The predicted molar refractivity (Wildman–Crippen MR) is 58.8 cm³/mol. The van der Waals surface area contributed by atoms with Gasteiger partial charge in [-0.2, -0.15) is 0 Å². The highest BCUT2D eigenvalue weighted by Gasteiger charge is 2.24. The average Bonchev–Trinajstić information content (AvgIpc) is 2.73. The fourth-order valence-corrected chi connectivity index (χ4v) is 2.37. The van der Waals surface area contributed by atoms with Crippen LogP contribution >= 0.6 is 0 Å². The maximum atomic E-state index is 13.1. The van der Waals surface area contributed by atoms with Gasteiger partial charge in [-0.15, -0.1) is 0 Å². The number of nitrogens with one attached hydrogen (secondary N) is 1. The largest absolute Gasteiger partial charge is 0.445 e. The molecule has 0 spiro atoms. The van der Waals surface area contributed by atoms with Crippen LogP contribution in [0.2, 0.25) is 0 Å². The molecule has 0 radical (unpaired) electrons. The molecule has 86 valence electrons. The molecular formula is C12H15FN2O. The molecule has 2 heterocycles. The minimum atomic E-state index is -0.0855. The summed E-state index contributed by atoms with van der Waals surface area (Å²) in [6.07, 6.45) is 4.73. The quantitative estimate of drug-likeness (QED) is 0.792. The molecule has 0 aromatic carbocycles. The molecule has 0 bridgehead atoms. The number of rotatable bonds is 1. The zero-order valence-corrected chi connectivity index (χ0v) is 9.13. The summed E-state index contributed by atoms with van der Waals surface area (Å²) in [5.41, 5.74) is 0.706. The summed E-state index contributed by atoms with van der Waals surface area (Å²) in [5.74, 6) is 1.98. The normalized spacial score (nSPS) is 21.7. The van der Waals surface area contributed by atoms with Crippen LogP contribution in [0, 0.1) is 0 Å². The molecule has 0 saturated carbocycles. The molecule has 0 amide bonds. The van der Waals surface area contributed by atoms with Gasteiger partial charge in [0.1, 0.15) is 17.3 Å². The molecule has 0 unspecified atom stereocenters. The Balaban J connectivity index is 1.86. The SMILES string of the molecule is FC1=Cc2nc(C3CCNCC3)oc2CC1. The molecule has 1 aliphatic carbocycles. The van der Waals surface area contributed by atoms with Crippen LogP contribution < -0.4 is 5.32 Å². The van der Waals surface area contributed by atoms with Crippen molar-refractivity contribution in [1.29, 1.82) is 0 Å². The molecule has 2 aliphatic rings. The van der Waals surface area contributed by atoms with Gasteiger partial charge >= 0.3 is 0 Å². The van der Waals surface area contributed by atoms with E-state index in [0.29, 0.717) is 24.5 Å². The van der Waals surface area contributed by atoms with Crippen LogP contribution in [0.25, 0.3) is 6.08 Å². The van der Waals surface area contributed by atoms with Crippen molar-refractivity contribution in [2.75, 3.05) is 13.1 Å². The Morgan fingerprint density at radius 2 is 2.12 bits per heavy atom. The summed E-state index contributed by atoms with van der Waals surface area (Å²) in [6, 6.07) is 0. The second-order valence-electron chi connectivity index (χ2n) is 4.48. The first-order chi connectivity index (χ1) is 7.83. The highest BCUT2D eigenvalue weighted by atomic mass is 19.1. The fraction of sp³-hybridized carbons (Fsp3) is 0.583. The van der Waals surface area contributed by atoms with Gasteiger partial charge in [-0.05, 0) is 32.0 Å². The Labute approximate surface area is 93.7 Å². The topological polar surface area (TPSA) is 38.1 Å². The van der Waals surface area contributed by atoms with E-state index in [-0.39, 0.29) is 5.83 Å². The maximum absolute atomic E-state index is 13.1. The van der Waals surface area contributed by atoms with Gasteiger partial charge in [0.15, 0.2) is 5.89 Å². The number of aryl methyl sites for hydroxylation is 1. The van der Waals surface area contributed by atoms with E-state index in [9.17, 15) is 4.39 Å². The molecule has 3 rings (SSSR count). The minimum absolute atomic E-state index is 0.0855. The third-order valence-electron chi connectivity index (χ3n) is 3.32. The molecule has 1 aromatic heterocycles. The van der Waals surface area contributed by atoms with Crippen molar-refractivity contribution in [2.45, 2.75) is 31.6 Å². The zero-order chi connectivity index (χ0) is 11.0. The number of nitrogens with zero attached hydrogens (tertiary/aromatic N) is 1. The third-order valence-corrected chi connectivity index (χ3v) is 3.32. The van der Waals surface area contributed by atoms with E-state index in [0.717, 1.165) is 37.6 Å². The van der Waals surface area contributed by atoms with E-state index in [4.69, 9.17) is 4.42 Å². The van der Waals surface area contributed by atoms with Crippen molar-refractivity contribution >= 4 is 6.08 Å².